The Hall–Kier alpha value is -1.52. The number of benzene rings is 1. The highest BCUT2D eigenvalue weighted by molar-refractivity contribution is 8.00. The lowest BCUT2D eigenvalue weighted by molar-refractivity contribution is -0.120. The third kappa shape index (κ3) is 3.77. The van der Waals surface area contributed by atoms with E-state index in [0.29, 0.717) is 16.1 Å². The van der Waals surface area contributed by atoms with E-state index in [1.165, 1.54) is 11.8 Å². The average molecular weight is 319 g/mol. The molecule has 3 nitrogen and oxygen atoms in total. The molecule has 5 heteroatoms. The fourth-order valence-corrected chi connectivity index (χ4v) is 3.22. The van der Waals surface area contributed by atoms with Crippen LogP contribution in [0.3, 0.4) is 0 Å². The molecule has 108 valence electrons. The molecule has 21 heavy (non-hydrogen) atoms. The lowest BCUT2D eigenvalue weighted by Crippen LogP contribution is -2.29. The van der Waals surface area contributed by atoms with Crippen LogP contribution >= 0.6 is 23.4 Å². The summed E-state index contributed by atoms with van der Waals surface area (Å²) >= 11 is 7.55. The van der Waals surface area contributed by atoms with Crippen molar-refractivity contribution in [2.75, 3.05) is 0 Å². The van der Waals surface area contributed by atoms with Gasteiger partial charge in [0.25, 0.3) is 0 Å². The first-order valence-corrected chi connectivity index (χ1v) is 8.12. The van der Waals surface area contributed by atoms with Crippen molar-refractivity contribution in [3.8, 4) is 0 Å². The normalized spacial score (nSPS) is 15.5. The molecule has 0 aliphatic heterocycles. The molecule has 1 amide bonds. The summed E-state index contributed by atoms with van der Waals surface area (Å²) in [5, 5.41) is 3.98. The second kappa shape index (κ2) is 6.50. The monoisotopic (exact) mass is 318 g/mol. The van der Waals surface area contributed by atoms with Gasteiger partial charge in [-0.2, -0.15) is 0 Å². The van der Waals surface area contributed by atoms with Crippen LogP contribution in [-0.4, -0.2) is 16.9 Å². The molecule has 1 N–H and O–H groups in total. The Labute approximate surface area is 133 Å². The van der Waals surface area contributed by atoms with Gasteiger partial charge in [-0.15, -0.1) is 0 Å². The summed E-state index contributed by atoms with van der Waals surface area (Å²) in [4.78, 5) is 16.8. The van der Waals surface area contributed by atoms with Crippen LogP contribution in [0.4, 0.5) is 0 Å². The zero-order valence-corrected chi connectivity index (χ0v) is 12.9. The molecule has 1 aliphatic carbocycles. The number of aromatic nitrogens is 1. The Balaban J connectivity index is 1.85. The number of carbonyl (C=O) groups is 1. The number of amides is 1. The fraction of sp³-hybridized carbons (Fsp3) is 0.250. The molecule has 1 heterocycles. The van der Waals surface area contributed by atoms with Gasteiger partial charge >= 0.3 is 0 Å². The number of hydrogen-bond donors (Lipinski definition) is 1. The lowest BCUT2D eigenvalue weighted by atomic mass is 10.1. The highest BCUT2D eigenvalue weighted by Crippen LogP contribution is 2.38. The summed E-state index contributed by atoms with van der Waals surface area (Å²) in [7, 11) is 0. The molecule has 0 bridgehead atoms. The van der Waals surface area contributed by atoms with Crippen molar-refractivity contribution in [1.29, 1.82) is 0 Å². The zero-order chi connectivity index (χ0) is 14.7. The fourth-order valence-electron chi connectivity index (χ4n) is 1.97. The van der Waals surface area contributed by atoms with Gasteiger partial charge in [-0.3, -0.25) is 4.79 Å². The standard InChI is InChI=1S/C16H15ClN2OS/c17-13-7-4-10-18-16(13)21-14(11-5-2-1-3-6-11)15(20)19-12-8-9-12/h1-7,10,12,14H,8-9H2,(H,19,20). The van der Waals surface area contributed by atoms with Crippen LogP contribution in [0.25, 0.3) is 0 Å². The maximum Gasteiger partial charge on any atom is 0.238 e. The van der Waals surface area contributed by atoms with Gasteiger partial charge in [-0.1, -0.05) is 53.7 Å². The van der Waals surface area contributed by atoms with Crippen molar-refractivity contribution >= 4 is 29.3 Å². The van der Waals surface area contributed by atoms with Crippen LogP contribution in [0.15, 0.2) is 53.7 Å². The van der Waals surface area contributed by atoms with Gasteiger partial charge in [0.2, 0.25) is 5.91 Å². The van der Waals surface area contributed by atoms with Crippen LogP contribution in [0.5, 0.6) is 0 Å². The van der Waals surface area contributed by atoms with Crippen LogP contribution < -0.4 is 5.32 Å². The summed E-state index contributed by atoms with van der Waals surface area (Å²) < 4.78 is 0. The first-order valence-electron chi connectivity index (χ1n) is 6.86. The number of rotatable bonds is 5. The average Bonchev–Trinajstić information content (AvgIpc) is 3.31. The minimum atomic E-state index is -0.334. The highest BCUT2D eigenvalue weighted by atomic mass is 35.5. The van der Waals surface area contributed by atoms with E-state index in [2.05, 4.69) is 10.3 Å². The third-order valence-electron chi connectivity index (χ3n) is 3.22. The van der Waals surface area contributed by atoms with Crippen LogP contribution in [0.2, 0.25) is 5.02 Å². The second-order valence-corrected chi connectivity index (χ2v) is 6.48. The van der Waals surface area contributed by atoms with E-state index in [4.69, 9.17) is 11.6 Å². The van der Waals surface area contributed by atoms with Gasteiger partial charge in [0.15, 0.2) is 0 Å². The predicted octanol–water partition coefficient (Wildman–Crippen LogP) is 3.85. The molecule has 1 aromatic heterocycles. The second-order valence-electron chi connectivity index (χ2n) is 4.98. The van der Waals surface area contributed by atoms with E-state index in [-0.39, 0.29) is 11.2 Å². The van der Waals surface area contributed by atoms with Crippen molar-refractivity contribution in [1.82, 2.24) is 10.3 Å². The number of thioether (sulfide) groups is 1. The van der Waals surface area contributed by atoms with Gasteiger partial charge in [-0.05, 0) is 30.5 Å². The summed E-state index contributed by atoms with van der Waals surface area (Å²) in [6.45, 7) is 0. The van der Waals surface area contributed by atoms with Gasteiger partial charge in [0.1, 0.15) is 10.3 Å². The van der Waals surface area contributed by atoms with Crippen LogP contribution in [0.1, 0.15) is 23.7 Å². The molecule has 1 fully saturated rings. The van der Waals surface area contributed by atoms with E-state index >= 15 is 0 Å². The van der Waals surface area contributed by atoms with Gasteiger partial charge in [-0.25, -0.2) is 4.98 Å². The number of nitrogens with zero attached hydrogens (tertiary/aromatic N) is 1. The van der Waals surface area contributed by atoms with E-state index < -0.39 is 0 Å². The number of hydrogen-bond acceptors (Lipinski definition) is 3. The van der Waals surface area contributed by atoms with Gasteiger partial charge in [0.05, 0.1) is 5.02 Å². The number of nitrogens with one attached hydrogen (secondary N) is 1. The first kappa shape index (κ1) is 14.4. The topological polar surface area (TPSA) is 42.0 Å². The summed E-state index contributed by atoms with van der Waals surface area (Å²) in [6, 6.07) is 13.6. The predicted molar refractivity (Wildman–Crippen MR) is 85.5 cm³/mol. The molecule has 2 aromatic rings. The molecule has 1 atom stereocenters. The molecule has 0 radical (unpaired) electrons. The molecule has 0 spiro atoms. The van der Waals surface area contributed by atoms with Crippen molar-refractivity contribution in [3.63, 3.8) is 0 Å². The van der Waals surface area contributed by atoms with Crippen LogP contribution in [0, 0.1) is 0 Å². The Kier molecular flexibility index (Phi) is 4.46. The number of halogens is 1. The summed E-state index contributed by atoms with van der Waals surface area (Å²) in [5.41, 5.74) is 0.961. The van der Waals surface area contributed by atoms with E-state index in [1.807, 2.05) is 30.3 Å². The van der Waals surface area contributed by atoms with Crippen molar-refractivity contribution in [2.45, 2.75) is 29.2 Å². The third-order valence-corrected chi connectivity index (χ3v) is 4.91. The Morgan fingerprint density at radius 1 is 1.24 bits per heavy atom. The molecule has 1 unspecified atom stereocenters. The Morgan fingerprint density at radius 2 is 2.00 bits per heavy atom. The van der Waals surface area contributed by atoms with E-state index in [9.17, 15) is 4.79 Å². The summed E-state index contributed by atoms with van der Waals surface area (Å²) in [6.07, 6.45) is 3.83. The first-order chi connectivity index (χ1) is 10.2. The summed E-state index contributed by atoms with van der Waals surface area (Å²) in [5.74, 6) is 0.0235. The molecule has 0 saturated heterocycles. The number of pyridine rings is 1. The zero-order valence-electron chi connectivity index (χ0n) is 11.3. The molecule has 3 rings (SSSR count). The molecular formula is C16H15ClN2OS. The maximum atomic E-state index is 12.5. The Morgan fingerprint density at radius 3 is 2.67 bits per heavy atom. The van der Waals surface area contributed by atoms with E-state index in [1.54, 1.807) is 18.3 Å². The maximum absolute atomic E-state index is 12.5. The number of carbonyl (C=O) groups excluding carboxylic acids is 1. The molecular weight excluding hydrogens is 304 g/mol. The minimum Gasteiger partial charge on any atom is -0.352 e. The van der Waals surface area contributed by atoms with Crippen molar-refractivity contribution < 1.29 is 4.79 Å². The quantitative estimate of drug-likeness (QED) is 0.851. The minimum absolute atomic E-state index is 0.0235. The smallest absolute Gasteiger partial charge is 0.238 e. The molecule has 1 aliphatic rings. The van der Waals surface area contributed by atoms with Crippen LogP contribution in [-0.2, 0) is 4.79 Å². The Bertz CT molecular complexity index is 631. The largest absolute Gasteiger partial charge is 0.352 e. The molecule has 1 saturated carbocycles. The van der Waals surface area contributed by atoms with Gasteiger partial charge < -0.3 is 5.32 Å². The van der Waals surface area contributed by atoms with Crippen molar-refractivity contribution in [3.05, 3.63) is 59.2 Å². The van der Waals surface area contributed by atoms with Gasteiger partial charge in [0, 0.05) is 12.2 Å². The lowest BCUT2D eigenvalue weighted by Gasteiger charge is -2.16. The highest BCUT2D eigenvalue weighted by Gasteiger charge is 2.29. The van der Waals surface area contributed by atoms with E-state index in [0.717, 1.165) is 18.4 Å². The molecule has 1 aromatic carbocycles. The SMILES string of the molecule is O=C(NC1CC1)C(Sc1ncccc1Cl)c1ccccc1. The van der Waals surface area contributed by atoms with Crippen molar-refractivity contribution in [2.24, 2.45) is 0 Å².